The number of nitrogens with one attached hydrogen (secondary N) is 1. The lowest BCUT2D eigenvalue weighted by molar-refractivity contribution is 0.271. The first-order valence-corrected chi connectivity index (χ1v) is 7.79. The van der Waals surface area contributed by atoms with E-state index in [0.29, 0.717) is 5.92 Å². The average Bonchev–Trinajstić information content (AvgIpc) is 2.32. The van der Waals surface area contributed by atoms with Crippen LogP contribution in [-0.4, -0.2) is 13.1 Å². The predicted octanol–water partition coefficient (Wildman–Crippen LogP) is 4.93. The van der Waals surface area contributed by atoms with Crippen LogP contribution in [0.15, 0.2) is 24.3 Å². The number of hydrogen-bond acceptors (Lipinski definition) is 1. The molecule has 0 bridgehead atoms. The van der Waals surface area contributed by atoms with Crippen LogP contribution >= 0.6 is 11.6 Å². The first-order chi connectivity index (χ1) is 8.97. The number of benzene rings is 1. The van der Waals surface area contributed by atoms with Crippen molar-refractivity contribution in [2.75, 3.05) is 13.1 Å². The first kappa shape index (κ1) is 16.5. The fourth-order valence-electron chi connectivity index (χ4n) is 2.61. The van der Waals surface area contributed by atoms with E-state index in [9.17, 15) is 0 Å². The molecule has 0 heterocycles. The number of hydrogen-bond donors (Lipinski definition) is 1. The van der Waals surface area contributed by atoms with Crippen LogP contribution in [0.25, 0.3) is 0 Å². The molecule has 0 aliphatic heterocycles. The van der Waals surface area contributed by atoms with Crippen LogP contribution < -0.4 is 5.32 Å². The highest BCUT2D eigenvalue weighted by Gasteiger charge is 2.24. The molecule has 1 atom stereocenters. The van der Waals surface area contributed by atoms with Crippen LogP contribution in [0.5, 0.6) is 0 Å². The molecule has 1 aromatic carbocycles. The zero-order valence-electron chi connectivity index (χ0n) is 12.8. The molecule has 0 aliphatic rings. The molecule has 0 aliphatic carbocycles. The molecule has 19 heavy (non-hydrogen) atoms. The lowest BCUT2D eigenvalue weighted by atomic mass is 9.79. The van der Waals surface area contributed by atoms with E-state index in [-0.39, 0.29) is 5.41 Å². The molecule has 2 heteroatoms. The minimum atomic E-state index is 0.286. The maximum absolute atomic E-state index is 6.29. The van der Waals surface area contributed by atoms with E-state index in [1.54, 1.807) is 0 Å². The monoisotopic (exact) mass is 281 g/mol. The summed E-state index contributed by atoms with van der Waals surface area (Å²) in [4.78, 5) is 0. The van der Waals surface area contributed by atoms with Gasteiger partial charge in [-0.15, -0.1) is 0 Å². The van der Waals surface area contributed by atoms with Crippen LogP contribution in [0.4, 0.5) is 0 Å². The van der Waals surface area contributed by atoms with Crippen molar-refractivity contribution in [1.29, 1.82) is 0 Å². The van der Waals surface area contributed by atoms with E-state index in [1.165, 1.54) is 18.4 Å². The van der Waals surface area contributed by atoms with E-state index >= 15 is 0 Å². The van der Waals surface area contributed by atoms with Gasteiger partial charge in [-0.1, -0.05) is 63.9 Å². The fourth-order valence-corrected chi connectivity index (χ4v) is 2.81. The molecule has 0 radical (unpaired) electrons. The summed E-state index contributed by atoms with van der Waals surface area (Å²) in [6.07, 6.45) is 3.49. The highest BCUT2D eigenvalue weighted by Crippen LogP contribution is 2.30. The smallest absolute Gasteiger partial charge is 0.0438 e. The molecule has 108 valence electrons. The molecular formula is C17H28ClN. The van der Waals surface area contributed by atoms with Gasteiger partial charge in [0.1, 0.15) is 0 Å². The summed E-state index contributed by atoms with van der Waals surface area (Å²) in [7, 11) is 0. The molecule has 0 aromatic heterocycles. The third-order valence-corrected chi connectivity index (χ3v) is 3.90. The largest absolute Gasteiger partial charge is 0.316 e. The van der Waals surface area contributed by atoms with Crippen molar-refractivity contribution in [3.63, 3.8) is 0 Å². The summed E-state index contributed by atoms with van der Waals surface area (Å²) in [5, 5.41) is 4.50. The van der Waals surface area contributed by atoms with Gasteiger partial charge in [-0.25, -0.2) is 0 Å². The molecule has 0 amide bonds. The van der Waals surface area contributed by atoms with E-state index in [2.05, 4.69) is 45.1 Å². The molecule has 1 unspecified atom stereocenters. The van der Waals surface area contributed by atoms with Crippen molar-refractivity contribution < 1.29 is 0 Å². The standard InChI is InChI=1S/C17H28ClN/c1-5-10-17(4,13-19-12-14(2)3)11-15-8-6-7-9-16(15)18/h6-9,14,19H,5,10-13H2,1-4H3. The van der Waals surface area contributed by atoms with Crippen molar-refractivity contribution in [3.8, 4) is 0 Å². The Kier molecular flexibility index (Phi) is 6.88. The Balaban J connectivity index is 2.67. The number of rotatable bonds is 8. The second-order valence-corrected chi connectivity index (χ2v) is 6.76. The second kappa shape index (κ2) is 7.91. The molecule has 0 saturated heterocycles. The molecule has 1 nitrogen and oxygen atoms in total. The van der Waals surface area contributed by atoms with Crippen LogP contribution in [-0.2, 0) is 6.42 Å². The summed E-state index contributed by atoms with van der Waals surface area (Å²) >= 11 is 6.29. The SMILES string of the molecule is CCCC(C)(CNCC(C)C)Cc1ccccc1Cl. The number of halogens is 1. The lowest BCUT2D eigenvalue weighted by Crippen LogP contribution is -2.35. The first-order valence-electron chi connectivity index (χ1n) is 7.41. The van der Waals surface area contributed by atoms with E-state index < -0.39 is 0 Å². The quantitative estimate of drug-likeness (QED) is 0.712. The Bertz CT molecular complexity index is 375. The second-order valence-electron chi connectivity index (χ2n) is 6.35. The van der Waals surface area contributed by atoms with E-state index in [4.69, 9.17) is 11.6 Å². The van der Waals surface area contributed by atoms with Crippen molar-refractivity contribution in [2.45, 2.75) is 47.0 Å². The van der Waals surface area contributed by atoms with Crippen LogP contribution in [0.1, 0.15) is 46.1 Å². The van der Waals surface area contributed by atoms with Gasteiger partial charge in [0, 0.05) is 11.6 Å². The molecular weight excluding hydrogens is 254 g/mol. The summed E-state index contributed by atoms with van der Waals surface area (Å²) in [5.74, 6) is 0.700. The van der Waals surface area contributed by atoms with E-state index in [0.717, 1.165) is 24.5 Å². The van der Waals surface area contributed by atoms with Gasteiger partial charge in [-0.3, -0.25) is 0 Å². The van der Waals surface area contributed by atoms with Gasteiger partial charge in [0.2, 0.25) is 0 Å². The summed E-state index contributed by atoms with van der Waals surface area (Å²) < 4.78 is 0. The zero-order valence-corrected chi connectivity index (χ0v) is 13.6. The Hall–Kier alpha value is -0.530. The fraction of sp³-hybridized carbons (Fsp3) is 0.647. The Morgan fingerprint density at radius 1 is 1.26 bits per heavy atom. The summed E-state index contributed by atoms with van der Waals surface area (Å²) in [5.41, 5.74) is 1.56. The Labute approximate surface area is 123 Å². The average molecular weight is 282 g/mol. The molecule has 1 N–H and O–H groups in total. The van der Waals surface area contributed by atoms with Gasteiger partial charge < -0.3 is 5.32 Å². The van der Waals surface area contributed by atoms with Crippen LogP contribution in [0.2, 0.25) is 5.02 Å². The van der Waals surface area contributed by atoms with Crippen LogP contribution in [0.3, 0.4) is 0 Å². The van der Waals surface area contributed by atoms with Crippen LogP contribution in [0, 0.1) is 11.3 Å². The van der Waals surface area contributed by atoms with Gasteiger partial charge in [0.25, 0.3) is 0 Å². The minimum Gasteiger partial charge on any atom is -0.316 e. The Morgan fingerprint density at radius 3 is 2.53 bits per heavy atom. The maximum Gasteiger partial charge on any atom is 0.0438 e. The zero-order chi connectivity index (χ0) is 14.3. The molecule has 0 fully saturated rings. The molecule has 1 aromatic rings. The third-order valence-electron chi connectivity index (χ3n) is 3.53. The van der Waals surface area contributed by atoms with Gasteiger partial charge in [0.15, 0.2) is 0 Å². The van der Waals surface area contributed by atoms with Gasteiger partial charge in [-0.05, 0) is 42.3 Å². The third kappa shape index (κ3) is 5.97. The predicted molar refractivity (Wildman–Crippen MR) is 85.9 cm³/mol. The van der Waals surface area contributed by atoms with E-state index in [1.807, 2.05) is 12.1 Å². The summed E-state index contributed by atoms with van der Waals surface area (Å²) in [6.45, 7) is 11.3. The van der Waals surface area contributed by atoms with Crippen molar-refractivity contribution in [3.05, 3.63) is 34.9 Å². The molecule has 0 spiro atoms. The maximum atomic E-state index is 6.29. The summed E-state index contributed by atoms with van der Waals surface area (Å²) in [6, 6.07) is 8.22. The lowest BCUT2D eigenvalue weighted by Gasteiger charge is -2.30. The van der Waals surface area contributed by atoms with Gasteiger partial charge >= 0.3 is 0 Å². The molecule has 1 rings (SSSR count). The van der Waals surface area contributed by atoms with Crippen molar-refractivity contribution >= 4 is 11.6 Å². The normalized spacial score (nSPS) is 14.6. The van der Waals surface area contributed by atoms with Gasteiger partial charge in [-0.2, -0.15) is 0 Å². The highest BCUT2D eigenvalue weighted by atomic mass is 35.5. The highest BCUT2D eigenvalue weighted by molar-refractivity contribution is 6.31. The van der Waals surface area contributed by atoms with Crippen molar-refractivity contribution in [1.82, 2.24) is 5.32 Å². The van der Waals surface area contributed by atoms with Gasteiger partial charge in [0.05, 0.1) is 0 Å². The topological polar surface area (TPSA) is 12.0 Å². The van der Waals surface area contributed by atoms with Crippen molar-refractivity contribution in [2.24, 2.45) is 11.3 Å². The minimum absolute atomic E-state index is 0.286. The molecule has 0 saturated carbocycles. The Morgan fingerprint density at radius 2 is 1.95 bits per heavy atom.